The molecule has 0 rings (SSSR count). The predicted octanol–water partition coefficient (Wildman–Crippen LogP) is 20.4. The second-order valence-corrected chi connectivity index (χ2v) is 20.6. The minimum atomic E-state index is -0.764. The fraction of sp³-hybridized carbons (Fsp3) is 0.857. The Balaban J connectivity index is 4.00. The van der Waals surface area contributed by atoms with Crippen molar-refractivity contribution in [2.24, 2.45) is 0 Å². The van der Waals surface area contributed by atoms with E-state index in [0.717, 1.165) is 70.6 Å². The summed E-state index contributed by atoms with van der Waals surface area (Å²) in [5.74, 6) is -0.854. The van der Waals surface area contributed by atoms with Gasteiger partial charge in [-0.2, -0.15) is 0 Å². The molecule has 0 aromatic heterocycles. The number of hydrogen-bond acceptors (Lipinski definition) is 6. The van der Waals surface area contributed by atoms with Crippen LogP contribution in [0.3, 0.4) is 0 Å². The van der Waals surface area contributed by atoms with Gasteiger partial charge < -0.3 is 14.2 Å². The topological polar surface area (TPSA) is 78.9 Å². The number of carbonyl (C=O) groups excluding carboxylic acids is 3. The van der Waals surface area contributed by atoms with Crippen molar-refractivity contribution in [3.05, 3.63) is 36.5 Å². The van der Waals surface area contributed by atoms with Gasteiger partial charge in [-0.1, -0.05) is 288 Å². The molecule has 404 valence electrons. The molecule has 69 heavy (non-hydrogen) atoms. The van der Waals surface area contributed by atoms with Crippen LogP contribution in [0, 0.1) is 0 Å². The minimum absolute atomic E-state index is 0.0666. The Kier molecular flexibility index (Phi) is 56.2. The van der Waals surface area contributed by atoms with Crippen molar-refractivity contribution in [2.75, 3.05) is 13.2 Å². The van der Waals surface area contributed by atoms with Gasteiger partial charge in [-0.05, 0) is 57.8 Å². The van der Waals surface area contributed by atoms with Gasteiger partial charge in [0.25, 0.3) is 0 Å². The molecule has 0 aliphatic heterocycles. The lowest BCUT2D eigenvalue weighted by Gasteiger charge is -2.18. The van der Waals surface area contributed by atoms with E-state index < -0.39 is 6.10 Å². The zero-order chi connectivity index (χ0) is 50.0. The average Bonchev–Trinajstić information content (AvgIpc) is 3.35. The highest BCUT2D eigenvalue weighted by molar-refractivity contribution is 5.71. The molecule has 0 heterocycles. The van der Waals surface area contributed by atoms with Gasteiger partial charge in [0.2, 0.25) is 0 Å². The maximum atomic E-state index is 12.8. The van der Waals surface area contributed by atoms with Gasteiger partial charge in [0.05, 0.1) is 0 Å². The molecule has 0 aliphatic carbocycles. The molecule has 0 bridgehead atoms. The predicted molar refractivity (Wildman–Crippen MR) is 298 cm³/mol. The number of hydrogen-bond donors (Lipinski definition) is 0. The summed E-state index contributed by atoms with van der Waals surface area (Å²) in [5, 5.41) is 0. The SMILES string of the molecule is CCCCCCC/C=C\C/C=C\C/C=C\CCCCCCCCCCCCCCCCCCC(=O)OCC(COC(=O)CCCCCCCCCC)OC(=O)CCCCCCCCCCCCCC. The summed E-state index contributed by atoms with van der Waals surface area (Å²) < 4.78 is 16.8. The second kappa shape index (κ2) is 58.2. The summed E-state index contributed by atoms with van der Waals surface area (Å²) in [6.45, 7) is 6.63. The maximum absolute atomic E-state index is 12.8. The fourth-order valence-electron chi connectivity index (χ4n) is 9.04. The van der Waals surface area contributed by atoms with Crippen LogP contribution in [0.25, 0.3) is 0 Å². The highest BCUT2D eigenvalue weighted by Gasteiger charge is 2.19. The highest BCUT2D eigenvalue weighted by atomic mass is 16.6. The molecule has 6 heteroatoms. The van der Waals surface area contributed by atoms with Crippen LogP contribution in [0.4, 0.5) is 0 Å². The third-order valence-electron chi connectivity index (χ3n) is 13.6. The summed E-state index contributed by atoms with van der Waals surface area (Å²) in [7, 11) is 0. The van der Waals surface area contributed by atoms with Crippen molar-refractivity contribution in [1.29, 1.82) is 0 Å². The molecule has 0 fully saturated rings. The van der Waals surface area contributed by atoms with E-state index in [4.69, 9.17) is 14.2 Å². The van der Waals surface area contributed by atoms with E-state index in [2.05, 4.69) is 57.2 Å². The largest absolute Gasteiger partial charge is 0.462 e. The van der Waals surface area contributed by atoms with Gasteiger partial charge >= 0.3 is 17.9 Å². The van der Waals surface area contributed by atoms with Crippen LogP contribution < -0.4 is 0 Å². The molecule has 0 saturated heterocycles. The van der Waals surface area contributed by atoms with Gasteiger partial charge in [-0.15, -0.1) is 0 Å². The van der Waals surface area contributed by atoms with E-state index in [9.17, 15) is 14.4 Å². The van der Waals surface area contributed by atoms with Crippen LogP contribution in [0.5, 0.6) is 0 Å². The lowest BCUT2D eigenvalue weighted by molar-refractivity contribution is -0.167. The third-order valence-corrected chi connectivity index (χ3v) is 13.6. The van der Waals surface area contributed by atoms with Gasteiger partial charge in [-0.25, -0.2) is 0 Å². The summed E-state index contributed by atoms with van der Waals surface area (Å²) in [4.78, 5) is 37.9. The molecule has 0 saturated carbocycles. The zero-order valence-electron chi connectivity index (χ0n) is 46.3. The van der Waals surface area contributed by atoms with Crippen molar-refractivity contribution in [3.63, 3.8) is 0 Å². The van der Waals surface area contributed by atoms with E-state index in [0.29, 0.717) is 19.3 Å². The van der Waals surface area contributed by atoms with Crippen molar-refractivity contribution in [1.82, 2.24) is 0 Å². The number of ether oxygens (including phenoxy) is 3. The van der Waals surface area contributed by atoms with E-state index in [-0.39, 0.29) is 31.1 Å². The van der Waals surface area contributed by atoms with Gasteiger partial charge in [0, 0.05) is 19.3 Å². The summed E-state index contributed by atoms with van der Waals surface area (Å²) >= 11 is 0. The van der Waals surface area contributed by atoms with E-state index in [1.165, 1.54) is 218 Å². The minimum Gasteiger partial charge on any atom is -0.462 e. The van der Waals surface area contributed by atoms with Crippen LogP contribution in [0.15, 0.2) is 36.5 Å². The number of unbranched alkanes of at least 4 members (excludes halogenated alkanes) is 39. The fourth-order valence-corrected chi connectivity index (χ4v) is 9.04. The molecule has 0 aromatic carbocycles. The lowest BCUT2D eigenvalue weighted by atomic mass is 10.0. The van der Waals surface area contributed by atoms with Crippen LogP contribution in [0.2, 0.25) is 0 Å². The number of carbonyl (C=O) groups is 3. The number of rotatable bonds is 56. The van der Waals surface area contributed by atoms with Gasteiger partial charge in [0.15, 0.2) is 6.10 Å². The molecule has 0 amide bonds. The molecule has 6 nitrogen and oxygen atoms in total. The standard InChI is InChI=1S/C63H116O6/c1-4-7-10-13-16-19-21-23-24-25-26-27-28-29-30-31-32-33-34-35-36-37-38-39-40-41-43-44-47-50-53-56-62(65)68-59-60(58-67-61(64)55-52-49-46-18-15-12-9-6-3)69-63(66)57-54-51-48-45-42-22-20-17-14-11-8-5-2/h21,23,25-26,28-29,60H,4-20,22,24,27,30-59H2,1-3H3/b23-21-,26-25-,29-28-. The first-order chi connectivity index (χ1) is 34.0. The third kappa shape index (κ3) is 56.4. The first-order valence-corrected chi connectivity index (χ1v) is 30.5. The Bertz CT molecular complexity index is 1160. The van der Waals surface area contributed by atoms with Gasteiger partial charge in [-0.3, -0.25) is 14.4 Å². The van der Waals surface area contributed by atoms with Crippen LogP contribution in [0.1, 0.15) is 329 Å². The lowest BCUT2D eigenvalue weighted by Crippen LogP contribution is -2.30. The molecule has 0 aliphatic rings. The van der Waals surface area contributed by atoms with Crippen molar-refractivity contribution >= 4 is 17.9 Å². The Labute approximate surface area is 429 Å². The normalized spacial score (nSPS) is 12.2. The first kappa shape index (κ1) is 66.6. The molecule has 0 aromatic rings. The Morgan fingerprint density at radius 2 is 0.522 bits per heavy atom. The van der Waals surface area contributed by atoms with Crippen LogP contribution >= 0.6 is 0 Å². The Morgan fingerprint density at radius 3 is 0.812 bits per heavy atom. The van der Waals surface area contributed by atoms with E-state index in [1.54, 1.807) is 0 Å². The average molecular weight is 970 g/mol. The van der Waals surface area contributed by atoms with Crippen LogP contribution in [-0.2, 0) is 28.6 Å². The Morgan fingerprint density at radius 1 is 0.290 bits per heavy atom. The molecule has 1 unspecified atom stereocenters. The summed E-state index contributed by atoms with van der Waals surface area (Å²) in [6.07, 6.45) is 70.3. The molecule has 0 N–H and O–H groups in total. The summed E-state index contributed by atoms with van der Waals surface area (Å²) in [5.41, 5.74) is 0. The van der Waals surface area contributed by atoms with Crippen molar-refractivity contribution < 1.29 is 28.6 Å². The molecule has 1 atom stereocenters. The molecular weight excluding hydrogens is 853 g/mol. The van der Waals surface area contributed by atoms with E-state index in [1.807, 2.05) is 0 Å². The van der Waals surface area contributed by atoms with Crippen LogP contribution in [-0.4, -0.2) is 37.2 Å². The van der Waals surface area contributed by atoms with Crippen molar-refractivity contribution in [2.45, 2.75) is 335 Å². The number of allylic oxidation sites excluding steroid dienone is 6. The molecule has 0 radical (unpaired) electrons. The van der Waals surface area contributed by atoms with E-state index >= 15 is 0 Å². The Hall–Kier alpha value is -2.37. The molecule has 0 spiro atoms. The second-order valence-electron chi connectivity index (χ2n) is 20.6. The van der Waals surface area contributed by atoms with Gasteiger partial charge in [0.1, 0.15) is 13.2 Å². The first-order valence-electron chi connectivity index (χ1n) is 30.5. The maximum Gasteiger partial charge on any atom is 0.306 e. The molecular formula is C63H116O6. The summed E-state index contributed by atoms with van der Waals surface area (Å²) in [6, 6.07) is 0. The number of esters is 3. The highest BCUT2D eigenvalue weighted by Crippen LogP contribution is 2.17. The smallest absolute Gasteiger partial charge is 0.306 e. The zero-order valence-corrected chi connectivity index (χ0v) is 46.3. The van der Waals surface area contributed by atoms with Crippen molar-refractivity contribution in [3.8, 4) is 0 Å². The monoisotopic (exact) mass is 969 g/mol. The quantitative estimate of drug-likeness (QED) is 0.0261.